The molecular formula is C20H20ClFN2O3. The van der Waals surface area contributed by atoms with Crippen molar-refractivity contribution in [2.24, 2.45) is 0 Å². The average Bonchev–Trinajstić information content (AvgIpc) is 3.09. The monoisotopic (exact) mass is 390 g/mol. The van der Waals surface area contributed by atoms with Gasteiger partial charge in [0.15, 0.2) is 11.5 Å². The van der Waals surface area contributed by atoms with E-state index in [0.29, 0.717) is 23.1 Å². The number of halogens is 2. The van der Waals surface area contributed by atoms with Crippen molar-refractivity contribution >= 4 is 23.6 Å². The van der Waals surface area contributed by atoms with Gasteiger partial charge < -0.3 is 19.7 Å². The second-order valence-corrected chi connectivity index (χ2v) is 6.76. The lowest BCUT2D eigenvalue weighted by atomic mass is 10.1. The summed E-state index contributed by atoms with van der Waals surface area (Å²) in [5, 5.41) is 3.27. The number of hydrogen-bond donors (Lipinski definition) is 1. The van der Waals surface area contributed by atoms with Crippen molar-refractivity contribution in [1.82, 2.24) is 10.2 Å². The Labute approximate surface area is 162 Å². The Morgan fingerprint density at radius 2 is 2.15 bits per heavy atom. The molecule has 142 valence electrons. The topological polar surface area (TPSA) is 50.8 Å². The van der Waals surface area contributed by atoms with Crippen LogP contribution in [-0.4, -0.2) is 38.2 Å². The van der Waals surface area contributed by atoms with E-state index in [4.69, 9.17) is 21.1 Å². The summed E-state index contributed by atoms with van der Waals surface area (Å²) in [6, 6.07) is 9.69. The molecule has 2 aromatic rings. The van der Waals surface area contributed by atoms with Crippen molar-refractivity contribution in [2.75, 3.05) is 27.4 Å². The number of fused-ring (bicyclic) bond motifs is 1. The number of benzene rings is 2. The van der Waals surface area contributed by atoms with Crippen LogP contribution in [0.2, 0.25) is 5.02 Å². The fourth-order valence-electron chi connectivity index (χ4n) is 2.82. The maximum atomic E-state index is 13.5. The van der Waals surface area contributed by atoms with Crippen molar-refractivity contribution in [3.8, 4) is 11.5 Å². The van der Waals surface area contributed by atoms with Gasteiger partial charge in [0.1, 0.15) is 5.82 Å². The largest absolute Gasteiger partial charge is 0.454 e. The number of nitrogens with one attached hydrogen (secondary N) is 1. The summed E-state index contributed by atoms with van der Waals surface area (Å²) < 4.78 is 24.1. The number of amides is 1. The van der Waals surface area contributed by atoms with E-state index in [0.717, 1.165) is 11.1 Å². The van der Waals surface area contributed by atoms with Gasteiger partial charge in [-0.15, -0.1) is 0 Å². The van der Waals surface area contributed by atoms with Crippen LogP contribution in [0.1, 0.15) is 17.2 Å². The van der Waals surface area contributed by atoms with E-state index in [2.05, 4.69) is 5.32 Å². The zero-order chi connectivity index (χ0) is 19.4. The summed E-state index contributed by atoms with van der Waals surface area (Å²) in [7, 11) is 3.76. The SMILES string of the molecule is CN(C)C(CNC(=O)/C=C/c1cc(Cl)c2c(c1)OCO2)c1cccc(F)c1. The normalized spacial score (nSPS) is 14.0. The van der Waals surface area contributed by atoms with Crippen molar-refractivity contribution in [2.45, 2.75) is 6.04 Å². The van der Waals surface area contributed by atoms with E-state index in [9.17, 15) is 9.18 Å². The molecule has 1 atom stereocenters. The Kier molecular flexibility index (Phi) is 5.98. The smallest absolute Gasteiger partial charge is 0.244 e. The first kappa shape index (κ1) is 19.2. The minimum atomic E-state index is -0.301. The second-order valence-electron chi connectivity index (χ2n) is 6.35. The van der Waals surface area contributed by atoms with E-state index in [1.54, 1.807) is 24.3 Å². The van der Waals surface area contributed by atoms with Crippen LogP contribution in [0.5, 0.6) is 11.5 Å². The summed E-state index contributed by atoms with van der Waals surface area (Å²) in [6.45, 7) is 0.482. The maximum absolute atomic E-state index is 13.5. The number of nitrogens with zero attached hydrogens (tertiary/aromatic N) is 1. The molecule has 0 bridgehead atoms. The van der Waals surface area contributed by atoms with Gasteiger partial charge in [0.2, 0.25) is 12.7 Å². The third kappa shape index (κ3) is 4.78. The van der Waals surface area contributed by atoms with E-state index in [-0.39, 0.29) is 24.6 Å². The summed E-state index contributed by atoms with van der Waals surface area (Å²) >= 11 is 6.13. The number of rotatable bonds is 6. The van der Waals surface area contributed by atoms with Crippen LogP contribution in [0, 0.1) is 5.82 Å². The van der Waals surface area contributed by atoms with Gasteiger partial charge in [0.05, 0.1) is 11.1 Å². The average molecular weight is 391 g/mol. The highest BCUT2D eigenvalue weighted by Crippen LogP contribution is 2.40. The Hall–Kier alpha value is -2.57. The van der Waals surface area contributed by atoms with E-state index >= 15 is 0 Å². The van der Waals surface area contributed by atoms with Crippen LogP contribution in [0.25, 0.3) is 6.08 Å². The molecule has 0 spiro atoms. The molecule has 0 radical (unpaired) electrons. The molecule has 1 amide bonds. The molecule has 1 aliphatic rings. The lowest BCUT2D eigenvalue weighted by Gasteiger charge is -2.24. The Morgan fingerprint density at radius 1 is 1.33 bits per heavy atom. The minimum absolute atomic E-state index is 0.134. The van der Waals surface area contributed by atoms with Crippen molar-refractivity contribution < 1.29 is 18.7 Å². The predicted octanol–water partition coefficient (Wildman–Crippen LogP) is 3.64. The molecule has 3 rings (SSSR count). The molecular weight excluding hydrogens is 371 g/mol. The van der Waals surface area contributed by atoms with Gasteiger partial charge in [-0.3, -0.25) is 4.79 Å². The molecule has 0 fully saturated rings. The molecule has 2 aromatic carbocycles. The van der Waals surface area contributed by atoms with Gasteiger partial charge in [-0.2, -0.15) is 0 Å². The number of ether oxygens (including phenoxy) is 2. The van der Waals surface area contributed by atoms with Crippen LogP contribution >= 0.6 is 11.6 Å². The van der Waals surface area contributed by atoms with Crippen molar-refractivity contribution in [3.63, 3.8) is 0 Å². The molecule has 0 saturated heterocycles. The van der Waals surface area contributed by atoms with E-state index in [1.807, 2.05) is 25.1 Å². The Balaban J connectivity index is 1.63. The van der Waals surface area contributed by atoms with Crippen LogP contribution in [0.4, 0.5) is 4.39 Å². The maximum Gasteiger partial charge on any atom is 0.244 e. The van der Waals surface area contributed by atoms with Gasteiger partial charge >= 0.3 is 0 Å². The molecule has 7 heteroatoms. The number of carbonyl (C=O) groups excluding carboxylic acids is 1. The van der Waals surface area contributed by atoms with Crippen molar-refractivity contribution in [1.29, 1.82) is 0 Å². The first-order valence-electron chi connectivity index (χ1n) is 8.41. The predicted molar refractivity (Wildman–Crippen MR) is 102 cm³/mol. The first-order chi connectivity index (χ1) is 12.9. The standard InChI is InChI=1S/C20H20ClFN2O3/c1-24(2)17(14-4-3-5-15(22)10-14)11-23-19(25)7-6-13-8-16(21)20-18(9-13)26-12-27-20/h3-10,17H,11-12H2,1-2H3,(H,23,25)/b7-6+. The Bertz CT molecular complexity index is 870. The zero-order valence-corrected chi connectivity index (χ0v) is 15.8. The fraction of sp³-hybridized carbons (Fsp3) is 0.250. The number of carbonyl (C=O) groups is 1. The van der Waals surface area contributed by atoms with Gasteiger partial charge in [-0.25, -0.2) is 4.39 Å². The molecule has 27 heavy (non-hydrogen) atoms. The van der Waals surface area contributed by atoms with E-state index < -0.39 is 0 Å². The molecule has 0 saturated carbocycles. The zero-order valence-electron chi connectivity index (χ0n) is 15.0. The van der Waals surface area contributed by atoms with Crippen LogP contribution in [0.15, 0.2) is 42.5 Å². The minimum Gasteiger partial charge on any atom is -0.454 e. The highest BCUT2D eigenvalue weighted by atomic mass is 35.5. The van der Waals surface area contributed by atoms with Crippen molar-refractivity contribution in [3.05, 3.63) is 64.4 Å². The third-order valence-corrected chi connectivity index (χ3v) is 4.48. The lowest BCUT2D eigenvalue weighted by Crippen LogP contribution is -2.33. The fourth-order valence-corrected chi connectivity index (χ4v) is 3.10. The molecule has 5 nitrogen and oxygen atoms in total. The first-order valence-corrected chi connectivity index (χ1v) is 8.79. The summed E-state index contributed by atoms with van der Waals surface area (Å²) in [5.41, 5.74) is 1.53. The second kappa shape index (κ2) is 8.41. The van der Waals surface area contributed by atoms with Gasteiger partial charge in [-0.05, 0) is 55.6 Å². The lowest BCUT2D eigenvalue weighted by molar-refractivity contribution is -0.116. The van der Waals surface area contributed by atoms with Gasteiger partial charge in [0.25, 0.3) is 0 Å². The summed E-state index contributed by atoms with van der Waals surface area (Å²) in [6.07, 6.45) is 3.07. The van der Waals surface area contributed by atoms with Crippen LogP contribution in [-0.2, 0) is 4.79 Å². The molecule has 1 aliphatic heterocycles. The Morgan fingerprint density at radius 3 is 2.89 bits per heavy atom. The highest BCUT2D eigenvalue weighted by molar-refractivity contribution is 6.32. The van der Waals surface area contributed by atoms with Gasteiger partial charge in [-0.1, -0.05) is 23.7 Å². The summed E-state index contributed by atoms with van der Waals surface area (Å²) in [4.78, 5) is 14.1. The third-order valence-electron chi connectivity index (χ3n) is 4.20. The molecule has 0 aliphatic carbocycles. The van der Waals surface area contributed by atoms with E-state index in [1.165, 1.54) is 18.2 Å². The molecule has 1 N–H and O–H groups in total. The highest BCUT2D eigenvalue weighted by Gasteiger charge is 2.18. The van der Waals surface area contributed by atoms with Crippen LogP contribution in [0.3, 0.4) is 0 Å². The van der Waals surface area contributed by atoms with Gasteiger partial charge in [0, 0.05) is 12.6 Å². The quantitative estimate of drug-likeness (QED) is 0.765. The van der Waals surface area contributed by atoms with Crippen LogP contribution < -0.4 is 14.8 Å². The molecule has 1 unspecified atom stereocenters. The molecule has 0 aromatic heterocycles. The summed E-state index contributed by atoms with van der Waals surface area (Å²) in [5.74, 6) is 0.515. The molecule has 1 heterocycles. The number of hydrogen-bond acceptors (Lipinski definition) is 4. The number of likely N-dealkylation sites (N-methyl/N-ethyl adjacent to an activating group) is 1.